The second kappa shape index (κ2) is 7.81. The minimum Gasteiger partial charge on any atom is -0.325 e. The zero-order valence-electron chi connectivity index (χ0n) is 14.2. The molecule has 0 aliphatic rings. The molecule has 0 bridgehead atoms. The fourth-order valence-electron chi connectivity index (χ4n) is 1.84. The molecule has 0 spiro atoms. The van der Waals surface area contributed by atoms with Crippen LogP contribution < -0.4 is 10.6 Å². The predicted molar refractivity (Wildman–Crippen MR) is 101 cm³/mol. The van der Waals surface area contributed by atoms with Crippen LogP contribution in [0.5, 0.6) is 0 Å². The van der Waals surface area contributed by atoms with Gasteiger partial charge in [-0.25, -0.2) is 4.98 Å². The van der Waals surface area contributed by atoms with Crippen LogP contribution >= 0.6 is 23.1 Å². The minimum atomic E-state index is -0.481. The van der Waals surface area contributed by atoms with Crippen molar-refractivity contribution in [1.82, 2.24) is 4.98 Å². The normalized spacial score (nSPS) is 11.2. The Morgan fingerprint density at radius 2 is 1.92 bits per heavy atom. The Morgan fingerprint density at radius 3 is 2.58 bits per heavy atom. The van der Waals surface area contributed by atoms with Gasteiger partial charge in [0.1, 0.15) is 0 Å². The molecule has 0 saturated heterocycles. The Hall–Kier alpha value is -1.86. The van der Waals surface area contributed by atoms with Crippen LogP contribution in [-0.4, -0.2) is 23.1 Å². The van der Waals surface area contributed by atoms with E-state index in [0.717, 1.165) is 10.6 Å². The number of benzene rings is 1. The van der Waals surface area contributed by atoms with Crippen LogP contribution in [0.1, 0.15) is 26.5 Å². The van der Waals surface area contributed by atoms with Crippen LogP contribution in [0.2, 0.25) is 0 Å². The maximum Gasteiger partial charge on any atom is 0.231 e. The lowest BCUT2D eigenvalue weighted by atomic mass is 9.96. The van der Waals surface area contributed by atoms with E-state index in [1.807, 2.05) is 51.3 Å². The van der Waals surface area contributed by atoms with Crippen molar-refractivity contribution in [1.29, 1.82) is 0 Å². The highest BCUT2D eigenvalue weighted by Gasteiger charge is 2.22. The topological polar surface area (TPSA) is 71.1 Å². The SMILES string of the molecule is CSc1ccccc1NC(=O)Cc1csc(NC(=O)C(C)(C)C)n1. The standard InChI is InChI=1S/C17H21N3O2S2/c1-17(2,3)15(22)20-16-18-11(10-24-16)9-14(21)19-12-7-5-6-8-13(12)23-4/h5-8,10H,9H2,1-4H3,(H,19,21)(H,18,20,22). The summed E-state index contributed by atoms with van der Waals surface area (Å²) in [6, 6.07) is 7.66. The molecule has 0 radical (unpaired) electrons. The van der Waals surface area contributed by atoms with Gasteiger partial charge in [0.25, 0.3) is 0 Å². The van der Waals surface area contributed by atoms with E-state index in [4.69, 9.17) is 0 Å². The number of amides is 2. The lowest BCUT2D eigenvalue weighted by molar-refractivity contribution is -0.123. The molecule has 7 heteroatoms. The maximum absolute atomic E-state index is 12.2. The lowest BCUT2D eigenvalue weighted by Gasteiger charge is -2.15. The van der Waals surface area contributed by atoms with E-state index in [2.05, 4.69) is 15.6 Å². The van der Waals surface area contributed by atoms with Gasteiger partial charge in [0.15, 0.2) is 5.13 Å². The molecule has 0 atom stereocenters. The van der Waals surface area contributed by atoms with Gasteiger partial charge in [-0.3, -0.25) is 9.59 Å². The fraction of sp³-hybridized carbons (Fsp3) is 0.353. The quantitative estimate of drug-likeness (QED) is 0.787. The maximum atomic E-state index is 12.2. The number of hydrogen-bond acceptors (Lipinski definition) is 5. The van der Waals surface area contributed by atoms with Gasteiger partial charge in [-0.2, -0.15) is 0 Å². The van der Waals surface area contributed by atoms with E-state index in [1.165, 1.54) is 11.3 Å². The largest absolute Gasteiger partial charge is 0.325 e. The Kier molecular flexibility index (Phi) is 6.01. The number of rotatable bonds is 5. The summed E-state index contributed by atoms with van der Waals surface area (Å²) in [4.78, 5) is 29.5. The van der Waals surface area contributed by atoms with Gasteiger partial charge < -0.3 is 10.6 Å². The van der Waals surface area contributed by atoms with E-state index < -0.39 is 5.41 Å². The smallest absolute Gasteiger partial charge is 0.231 e. The summed E-state index contributed by atoms with van der Waals surface area (Å²) >= 11 is 2.90. The van der Waals surface area contributed by atoms with Crippen molar-refractivity contribution in [3.8, 4) is 0 Å². The second-order valence-corrected chi connectivity index (χ2v) is 7.98. The molecule has 0 fully saturated rings. The number of anilines is 2. The number of thiazole rings is 1. The van der Waals surface area contributed by atoms with Crippen LogP contribution in [0.15, 0.2) is 34.5 Å². The summed E-state index contributed by atoms with van der Waals surface area (Å²) in [6.07, 6.45) is 2.14. The number of para-hydroxylation sites is 1. The summed E-state index contributed by atoms with van der Waals surface area (Å²) in [5.74, 6) is -0.225. The average Bonchev–Trinajstić information content (AvgIpc) is 2.93. The highest BCUT2D eigenvalue weighted by atomic mass is 32.2. The van der Waals surface area contributed by atoms with Crippen molar-refractivity contribution in [2.45, 2.75) is 32.1 Å². The van der Waals surface area contributed by atoms with Gasteiger partial charge in [-0.15, -0.1) is 23.1 Å². The summed E-state index contributed by atoms with van der Waals surface area (Å²) in [6.45, 7) is 5.52. The van der Waals surface area contributed by atoms with E-state index in [-0.39, 0.29) is 18.2 Å². The molecule has 1 heterocycles. The van der Waals surface area contributed by atoms with Crippen LogP contribution in [0.3, 0.4) is 0 Å². The fourth-order valence-corrected chi connectivity index (χ4v) is 3.10. The molecule has 0 aliphatic carbocycles. The molecular formula is C17H21N3O2S2. The number of nitrogens with zero attached hydrogens (tertiary/aromatic N) is 1. The molecule has 2 aromatic rings. The number of hydrogen-bond donors (Lipinski definition) is 2. The zero-order chi connectivity index (χ0) is 17.7. The number of aromatic nitrogens is 1. The molecule has 128 valence electrons. The molecule has 2 amide bonds. The third-order valence-corrected chi connectivity index (χ3v) is 4.78. The lowest BCUT2D eigenvalue weighted by Crippen LogP contribution is -2.27. The monoisotopic (exact) mass is 363 g/mol. The first-order valence-electron chi connectivity index (χ1n) is 7.48. The average molecular weight is 364 g/mol. The molecule has 1 aromatic carbocycles. The van der Waals surface area contributed by atoms with Gasteiger partial charge in [-0.1, -0.05) is 32.9 Å². The van der Waals surface area contributed by atoms with Gasteiger partial charge in [0.2, 0.25) is 11.8 Å². The minimum absolute atomic E-state index is 0.0956. The van der Waals surface area contributed by atoms with Crippen molar-refractivity contribution in [2.24, 2.45) is 5.41 Å². The van der Waals surface area contributed by atoms with E-state index in [0.29, 0.717) is 10.8 Å². The van der Waals surface area contributed by atoms with Gasteiger partial charge in [-0.05, 0) is 18.4 Å². The predicted octanol–water partition coefficient (Wildman–Crippen LogP) is 4.03. The van der Waals surface area contributed by atoms with Crippen molar-refractivity contribution < 1.29 is 9.59 Å². The van der Waals surface area contributed by atoms with Gasteiger partial charge in [0, 0.05) is 15.7 Å². The number of carbonyl (C=O) groups is 2. The first kappa shape index (κ1) is 18.5. The molecule has 5 nitrogen and oxygen atoms in total. The van der Waals surface area contributed by atoms with Crippen molar-refractivity contribution in [3.05, 3.63) is 35.3 Å². The van der Waals surface area contributed by atoms with Crippen molar-refractivity contribution >= 4 is 45.7 Å². The first-order valence-corrected chi connectivity index (χ1v) is 9.59. The van der Waals surface area contributed by atoms with E-state index in [1.54, 1.807) is 17.1 Å². The Morgan fingerprint density at radius 1 is 1.21 bits per heavy atom. The summed E-state index contributed by atoms with van der Waals surface area (Å²) < 4.78 is 0. The van der Waals surface area contributed by atoms with Crippen LogP contribution in [0, 0.1) is 5.41 Å². The van der Waals surface area contributed by atoms with Crippen LogP contribution in [0.25, 0.3) is 0 Å². The molecule has 24 heavy (non-hydrogen) atoms. The Bertz CT molecular complexity index is 735. The van der Waals surface area contributed by atoms with Gasteiger partial charge >= 0.3 is 0 Å². The Labute approximate surface area is 150 Å². The summed E-state index contributed by atoms with van der Waals surface area (Å²) in [5, 5.41) is 7.98. The second-order valence-electron chi connectivity index (χ2n) is 6.27. The van der Waals surface area contributed by atoms with Crippen molar-refractivity contribution in [2.75, 3.05) is 16.9 Å². The molecule has 0 saturated carbocycles. The molecule has 2 rings (SSSR count). The number of nitrogens with one attached hydrogen (secondary N) is 2. The highest BCUT2D eigenvalue weighted by molar-refractivity contribution is 7.98. The van der Waals surface area contributed by atoms with Crippen molar-refractivity contribution in [3.63, 3.8) is 0 Å². The Balaban J connectivity index is 1.97. The van der Waals surface area contributed by atoms with E-state index >= 15 is 0 Å². The molecule has 2 N–H and O–H groups in total. The molecule has 0 unspecified atom stereocenters. The molecule has 1 aromatic heterocycles. The number of thioether (sulfide) groups is 1. The molecular weight excluding hydrogens is 342 g/mol. The highest BCUT2D eigenvalue weighted by Crippen LogP contribution is 2.25. The first-order chi connectivity index (χ1) is 11.3. The third kappa shape index (κ3) is 5.07. The van der Waals surface area contributed by atoms with Crippen LogP contribution in [-0.2, 0) is 16.0 Å². The third-order valence-electron chi connectivity index (χ3n) is 3.18. The molecule has 0 aliphatic heterocycles. The van der Waals surface area contributed by atoms with Gasteiger partial charge in [0.05, 0.1) is 17.8 Å². The number of carbonyl (C=O) groups excluding carboxylic acids is 2. The zero-order valence-corrected chi connectivity index (χ0v) is 15.8. The summed E-state index contributed by atoms with van der Waals surface area (Å²) in [7, 11) is 0. The summed E-state index contributed by atoms with van der Waals surface area (Å²) in [5.41, 5.74) is 0.958. The van der Waals surface area contributed by atoms with Crippen LogP contribution in [0.4, 0.5) is 10.8 Å². The van der Waals surface area contributed by atoms with E-state index in [9.17, 15) is 9.59 Å².